The fourth-order valence-electron chi connectivity index (χ4n) is 6.29. The molecule has 1 saturated heterocycles. The number of hydrogen-bond acceptors (Lipinski definition) is 8. The van der Waals surface area contributed by atoms with Gasteiger partial charge in [-0.1, -0.05) is 12.6 Å². The molecular formula is C33H38FN7O3. The number of nitrogens with one attached hydrogen (secondary N) is 3. The summed E-state index contributed by atoms with van der Waals surface area (Å²) in [4.78, 5) is 20.5. The van der Waals surface area contributed by atoms with Crippen LogP contribution >= 0.6 is 0 Å². The second-order valence-corrected chi connectivity index (χ2v) is 11.4. The molecule has 3 unspecified atom stereocenters. The minimum Gasteiger partial charge on any atom is -0.490 e. The summed E-state index contributed by atoms with van der Waals surface area (Å²) >= 11 is 0. The molecular weight excluding hydrogens is 561 g/mol. The molecule has 230 valence electrons. The molecule has 6 N–H and O–H groups in total. The van der Waals surface area contributed by atoms with E-state index in [-0.39, 0.29) is 47.3 Å². The summed E-state index contributed by atoms with van der Waals surface area (Å²) in [5, 5.41) is 31.5. The van der Waals surface area contributed by atoms with Crippen molar-refractivity contribution in [3.8, 4) is 16.9 Å². The van der Waals surface area contributed by atoms with Gasteiger partial charge in [-0.3, -0.25) is 15.2 Å². The topological polar surface area (TPSA) is 152 Å². The lowest BCUT2D eigenvalue weighted by Gasteiger charge is -2.48. The number of aliphatic hydroxyl groups is 1. The summed E-state index contributed by atoms with van der Waals surface area (Å²) in [6.45, 7) is 11.8. The lowest BCUT2D eigenvalue weighted by Crippen LogP contribution is -2.61. The van der Waals surface area contributed by atoms with Gasteiger partial charge in [0.25, 0.3) is 0 Å². The van der Waals surface area contributed by atoms with Gasteiger partial charge >= 0.3 is 0 Å². The first-order valence-electron chi connectivity index (χ1n) is 14.6. The highest BCUT2D eigenvalue weighted by atomic mass is 19.1. The molecule has 44 heavy (non-hydrogen) atoms. The Balaban J connectivity index is 1.76. The number of amidine groups is 1. The maximum absolute atomic E-state index is 16.8. The zero-order chi connectivity index (χ0) is 31.9. The predicted molar refractivity (Wildman–Crippen MR) is 171 cm³/mol. The van der Waals surface area contributed by atoms with Gasteiger partial charge in [0.05, 0.1) is 41.4 Å². The van der Waals surface area contributed by atoms with Crippen molar-refractivity contribution in [1.29, 1.82) is 10.8 Å². The average molecular weight is 600 g/mol. The third kappa shape index (κ3) is 5.28. The van der Waals surface area contributed by atoms with E-state index >= 15 is 4.39 Å². The predicted octanol–water partition coefficient (Wildman–Crippen LogP) is 5.08. The normalized spacial score (nSPS) is 18.7. The van der Waals surface area contributed by atoms with E-state index in [4.69, 9.17) is 15.9 Å². The van der Waals surface area contributed by atoms with E-state index in [9.17, 15) is 15.3 Å². The summed E-state index contributed by atoms with van der Waals surface area (Å²) in [6.07, 6.45) is 3.55. The molecule has 3 aromatic rings. The Bertz CT molecular complexity index is 1670. The number of carbonyl (C=O) groups is 1. The van der Waals surface area contributed by atoms with Gasteiger partial charge in [0, 0.05) is 54.8 Å². The number of aliphatic hydroxyl groups excluding tert-OH is 1. The smallest absolute Gasteiger partial charge is 0.246 e. The SMILES string of the molecule is C=CC(=O)N1CC(C)N2C(=N)c3c(Nc4c(C)ccnc4C(C)O)cc(-c4c(C)ccc(N)c4C=N)c(F)c3OCCC2C1. The first kappa shape index (κ1) is 30.7. The number of aromatic nitrogens is 1. The van der Waals surface area contributed by atoms with Gasteiger partial charge in [0.1, 0.15) is 5.84 Å². The minimum atomic E-state index is -0.907. The van der Waals surface area contributed by atoms with Crippen LogP contribution in [-0.2, 0) is 4.79 Å². The fourth-order valence-corrected chi connectivity index (χ4v) is 6.29. The van der Waals surface area contributed by atoms with Crippen molar-refractivity contribution >= 4 is 35.0 Å². The number of halogens is 1. The number of fused-ring (bicyclic) bond motifs is 2. The van der Waals surface area contributed by atoms with Crippen molar-refractivity contribution < 1.29 is 19.0 Å². The molecule has 10 nitrogen and oxygen atoms in total. The molecule has 2 aliphatic rings. The molecule has 0 radical (unpaired) electrons. The number of anilines is 3. The van der Waals surface area contributed by atoms with Crippen LogP contribution in [0.5, 0.6) is 5.75 Å². The first-order chi connectivity index (χ1) is 21.0. The second kappa shape index (κ2) is 12.1. The molecule has 0 saturated carbocycles. The number of nitrogens with zero attached hydrogens (tertiary/aromatic N) is 3. The Kier molecular flexibility index (Phi) is 8.42. The quantitative estimate of drug-likeness (QED) is 0.151. The highest BCUT2D eigenvalue weighted by Gasteiger charge is 2.39. The van der Waals surface area contributed by atoms with Crippen molar-refractivity contribution in [1.82, 2.24) is 14.8 Å². The van der Waals surface area contributed by atoms with E-state index < -0.39 is 11.9 Å². The highest BCUT2D eigenvalue weighted by Crippen LogP contribution is 2.44. The largest absolute Gasteiger partial charge is 0.490 e. The lowest BCUT2D eigenvalue weighted by molar-refractivity contribution is -0.129. The van der Waals surface area contributed by atoms with Gasteiger partial charge in [0.15, 0.2) is 11.6 Å². The number of aryl methyl sites for hydroxylation is 2. The molecule has 3 heterocycles. The molecule has 1 aromatic heterocycles. The van der Waals surface area contributed by atoms with Crippen LogP contribution in [0.15, 0.2) is 43.1 Å². The molecule has 2 aromatic carbocycles. The summed E-state index contributed by atoms with van der Waals surface area (Å²) in [5.74, 6) is -0.894. The summed E-state index contributed by atoms with van der Waals surface area (Å²) in [5.41, 5.74) is 10.5. The van der Waals surface area contributed by atoms with E-state index in [1.807, 2.05) is 25.7 Å². The number of carbonyl (C=O) groups excluding carboxylic acids is 1. The number of hydrogen-bond donors (Lipinski definition) is 5. The number of benzene rings is 2. The molecule has 3 atom stereocenters. The standard InChI is InChI=1S/C33H38FN7O3/c1-6-26(43)40-15-19(4)41-21(16-40)10-12-44-32-28(33(41)37)25(39-30-18(3)9-11-38-31(30)20(5)42)13-22(29(32)34)27-17(2)7-8-24(36)23(27)14-35/h6-9,11,13-14,19-21,35,37,39,42H,1,10,12,15-16,36H2,2-5H3. The monoisotopic (exact) mass is 599 g/mol. The van der Waals surface area contributed by atoms with Gasteiger partial charge in [-0.05, 0) is 68.7 Å². The number of rotatable bonds is 6. The van der Waals surface area contributed by atoms with Crippen LogP contribution in [0.1, 0.15) is 54.3 Å². The lowest BCUT2D eigenvalue weighted by atomic mass is 9.90. The van der Waals surface area contributed by atoms with Crippen molar-refractivity contribution in [3.05, 3.63) is 76.9 Å². The van der Waals surface area contributed by atoms with E-state index in [0.29, 0.717) is 59.0 Å². The molecule has 11 heteroatoms. The van der Waals surface area contributed by atoms with Crippen LogP contribution in [0.25, 0.3) is 11.1 Å². The number of ether oxygens (including phenoxy) is 1. The van der Waals surface area contributed by atoms with Crippen LogP contribution in [0.4, 0.5) is 21.5 Å². The zero-order valence-electron chi connectivity index (χ0n) is 25.4. The molecule has 1 fully saturated rings. The summed E-state index contributed by atoms with van der Waals surface area (Å²) in [7, 11) is 0. The van der Waals surface area contributed by atoms with Crippen molar-refractivity contribution in [3.63, 3.8) is 0 Å². The van der Waals surface area contributed by atoms with Gasteiger partial charge in [0.2, 0.25) is 5.91 Å². The number of piperazine rings is 1. The van der Waals surface area contributed by atoms with E-state index in [0.717, 1.165) is 11.8 Å². The maximum Gasteiger partial charge on any atom is 0.246 e. The molecule has 0 spiro atoms. The Morgan fingerprint density at radius 3 is 2.70 bits per heavy atom. The Hall–Kier alpha value is -4.77. The van der Waals surface area contributed by atoms with Crippen LogP contribution in [0.3, 0.4) is 0 Å². The van der Waals surface area contributed by atoms with Gasteiger partial charge in [-0.15, -0.1) is 0 Å². The van der Waals surface area contributed by atoms with Gasteiger partial charge in [-0.2, -0.15) is 0 Å². The van der Waals surface area contributed by atoms with Crippen molar-refractivity contribution in [2.45, 2.75) is 52.3 Å². The van der Waals surface area contributed by atoms with Gasteiger partial charge in [-0.25, -0.2) is 4.39 Å². The van der Waals surface area contributed by atoms with Crippen LogP contribution in [0, 0.1) is 30.5 Å². The number of nitrogen functional groups attached to an aromatic ring is 1. The Labute approximate surface area is 256 Å². The third-order valence-electron chi connectivity index (χ3n) is 8.43. The highest BCUT2D eigenvalue weighted by molar-refractivity contribution is 6.07. The molecule has 2 aliphatic heterocycles. The summed E-state index contributed by atoms with van der Waals surface area (Å²) in [6, 6.07) is 6.37. The van der Waals surface area contributed by atoms with Crippen LogP contribution in [-0.4, -0.2) is 69.6 Å². The maximum atomic E-state index is 16.8. The van der Waals surface area contributed by atoms with E-state index in [1.54, 1.807) is 42.3 Å². The molecule has 0 aliphatic carbocycles. The van der Waals surface area contributed by atoms with Gasteiger partial charge < -0.3 is 36.1 Å². The van der Waals surface area contributed by atoms with Crippen LogP contribution < -0.4 is 15.8 Å². The third-order valence-corrected chi connectivity index (χ3v) is 8.43. The Morgan fingerprint density at radius 1 is 1.27 bits per heavy atom. The molecule has 1 amide bonds. The zero-order valence-corrected chi connectivity index (χ0v) is 25.4. The average Bonchev–Trinajstić information content (AvgIpc) is 2.98. The molecule has 5 rings (SSSR count). The van der Waals surface area contributed by atoms with E-state index in [1.165, 1.54) is 6.08 Å². The van der Waals surface area contributed by atoms with Crippen molar-refractivity contribution in [2.75, 3.05) is 30.7 Å². The first-order valence-corrected chi connectivity index (χ1v) is 14.6. The summed E-state index contributed by atoms with van der Waals surface area (Å²) < 4.78 is 23.0. The fraction of sp³-hybridized carbons (Fsp3) is 0.333. The second-order valence-electron chi connectivity index (χ2n) is 11.4. The Morgan fingerprint density at radius 2 is 2.02 bits per heavy atom. The number of pyridine rings is 1. The minimum absolute atomic E-state index is 0.0487. The van der Waals surface area contributed by atoms with Crippen molar-refractivity contribution in [2.24, 2.45) is 0 Å². The van der Waals surface area contributed by atoms with E-state index in [2.05, 4.69) is 16.9 Å². The van der Waals surface area contributed by atoms with Crippen LogP contribution in [0.2, 0.25) is 0 Å². The number of nitrogens with two attached hydrogens (primary N) is 1. The number of amides is 1. The molecule has 0 bridgehead atoms.